The van der Waals surface area contributed by atoms with Gasteiger partial charge in [-0.3, -0.25) is 9.97 Å². The molecule has 1 aliphatic heterocycles. The van der Waals surface area contributed by atoms with E-state index in [0.717, 1.165) is 5.56 Å². The highest BCUT2D eigenvalue weighted by Crippen LogP contribution is 2.35. The summed E-state index contributed by atoms with van der Waals surface area (Å²) in [6.45, 7) is 4.77. The van der Waals surface area contributed by atoms with Gasteiger partial charge in [0.25, 0.3) is 0 Å². The Bertz CT molecular complexity index is 1030. The smallest absolute Gasteiger partial charge is 0.245 e. The monoisotopic (exact) mass is 384 g/mol. The van der Waals surface area contributed by atoms with Crippen LogP contribution in [0, 0.1) is 5.92 Å². The van der Waals surface area contributed by atoms with Crippen molar-refractivity contribution in [2.24, 2.45) is 5.92 Å². The lowest BCUT2D eigenvalue weighted by Crippen LogP contribution is -2.44. The van der Waals surface area contributed by atoms with Crippen molar-refractivity contribution in [1.82, 2.24) is 29.0 Å². The molecule has 0 unspecified atom stereocenters. The summed E-state index contributed by atoms with van der Waals surface area (Å²) in [4.78, 5) is 12.9. The highest BCUT2D eigenvalue weighted by atomic mass is 32.2. The molecular formula is C18H20N6O2S. The van der Waals surface area contributed by atoms with Gasteiger partial charge in [-0.15, -0.1) is 0 Å². The van der Waals surface area contributed by atoms with Crippen LogP contribution in [0.25, 0.3) is 11.4 Å². The average Bonchev–Trinajstić information content (AvgIpc) is 3.12. The molecule has 1 atom stereocenters. The van der Waals surface area contributed by atoms with Crippen LogP contribution in [-0.4, -0.2) is 44.0 Å². The van der Waals surface area contributed by atoms with Crippen molar-refractivity contribution in [2.45, 2.75) is 31.3 Å². The zero-order valence-electron chi connectivity index (χ0n) is 15.1. The second kappa shape index (κ2) is 6.82. The van der Waals surface area contributed by atoms with Crippen LogP contribution in [0.2, 0.25) is 0 Å². The molecular weight excluding hydrogens is 364 g/mol. The van der Waals surface area contributed by atoms with E-state index in [-0.39, 0.29) is 10.8 Å². The molecule has 0 saturated carbocycles. The maximum absolute atomic E-state index is 13.2. The van der Waals surface area contributed by atoms with Crippen LogP contribution in [-0.2, 0) is 16.6 Å². The van der Waals surface area contributed by atoms with Crippen LogP contribution >= 0.6 is 0 Å². The molecule has 27 heavy (non-hydrogen) atoms. The quantitative estimate of drug-likeness (QED) is 0.684. The van der Waals surface area contributed by atoms with Crippen molar-refractivity contribution < 1.29 is 8.42 Å². The van der Waals surface area contributed by atoms with Crippen molar-refractivity contribution in [3.05, 3.63) is 54.9 Å². The SMILES string of the molecule is CC(C)[C@@H]1c2nc(-c3cccnc3)nn2CCN1S(=O)(=O)c1cccnc1. The molecule has 0 bridgehead atoms. The number of hydrogen-bond acceptors (Lipinski definition) is 6. The molecule has 3 aromatic heterocycles. The maximum atomic E-state index is 13.2. The predicted octanol–water partition coefficient (Wildman–Crippen LogP) is 2.14. The van der Waals surface area contributed by atoms with Crippen LogP contribution in [0.4, 0.5) is 0 Å². The molecule has 0 aliphatic carbocycles. The van der Waals surface area contributed by atoms with Crippen molar-refractivity contribution in [3.63, 3.8) is 0 Å². The van der Waals surface area contributed by atoms with E-state index < -0.39 is 16.1 Å². The minimum atomic E-state index is -3.68. The van der Waals surface area contributed by atoms with Crippen molar-refractivity contribution in [2.75, 3.05) is 6.54 Å². The molecule has 0 fully saturated rings. The Morgan fingerprint density at radius 2 is 1.81 bits per heavy atom. The van der Waals surface area contributed by atoms with Gasteiger partial charge in [-0.2, -0.15) is 9.40 Å². The number of pyridine rings is 2. The largest absolute Gasteiger partial charge is 0.264 e. The summed E-state index contributed by atoms with van der Waals surface area (Å²) in [5, 5.41) is 4.57. The Morgan fingerprint density at radius 3 is 2.44 bits per heavy atom. The van der Waals surface area contributed by atoms with E-state index in [4.69, 9.17) is 0 Å². The summed E-state index contributed by atoms with van der Waals surface area (Å²) in [5.41, 5.74) is 0.809. The molecule has 0 N–H and O–H groups in total. The fourth-order valence-electron chi connectivity index (χ4n) is 3.35. The van der Waals surface area contributed by atoms with Gasteiger partial charge in [-0.05, 0) is 30.2 Å². The fourth-order valence-corrected chi connectivity index (χ4v) is 5.03. The minimum Gasteiger partial charge on any atom is -0.264 e. The molecule has 0 amide bonds. The van der Waals surface area contributed by atoms with Crippen LogP contribution in [0.1, 0.15) is 25.7 Å². The van der Waals surface area contributed by atoms with Gasteiger partial charge in [0.15, 0.2) is 5.82 Å². The number of aromatic nitrogens is 5. The molecule has 0 spiro atoms. The molecule has 0 radical (unpaired) electrons. The lowest BCUT2D eigenvalue weighted by atomic mass is 10.0. The summed E-state index contributed by atoms with van der Waals surface area (Å²) in [6.07, 6.45) is 6.34. The summed E-state index contributed by atoms with van der Waals surface area (Å²) in [5.74, 6) is 1.24. The van der Waals surface area contributed by atoms with Gasteiger partial charge in [0.1, 0.15) is 10.7 Å². The molecule has 4 heterocycles. The highest BCUT2D eigenvalue weighted by molar-refractivity contribution is 7.89. The lowest BCUT2D eigenvalue weighted by Gasteiger charge is -2.36. The Balaban J connectivity index is 1.77. The van der Waals surface area contributed by atoms with Gasteiger partial charge in [-0.1, -0.05) is 13.8 Å². The molecule has 8 nitrogen and oxygen atoms in total. The minimum absolute atomic E-state index is 0.0291. The van der Waals surface area contributed by atoms with Crippen molar-refractivity contribution >= 4 is 10.0 Å². The van der Waals surface area contributed by atoms with E-state index in [1.807, 2.05) is 30.7 Å². The van der Waals surface area contributed by atoms with Gasteiger partial charge in [0.2, 0.25) is 10.0 Å². The van der Waals surface area contributed by atoms with Crippen LogP contribution in [0.3, 0.4) is 0 Å². The molecule has 4 rings (SSSR count). The second-order valence-electron chi connectivity index (χ2n) is 6.75. The summed E-state index contributed by atoms with van der Waals surface area (Å²) < 4.78 is 29.7. The molecule has 0 aromatic carbocycles. The number of nitrogens with zero attached hydrogens (tertiary/aromatic N) is 6. The Morgan fingerprint density at radius 1 is 1.07 bits per heavy atom. The first kappa shape index (κ1) is 17.7. The summed E-state index contributed by atoms with van der Waals surface area (Å²) in [7, 11) is -3.68. The Kier molecular flexibility index (Phi) is 4.48. The van der Waals surface area contributed by atoms with E-state index in [0.29, 0.717) is 24.7 Å². The topological polar surface area (TPSA) is 93.9 Å². The third kappa shape index (κ3) is 3.13. The number of fused-ring (bicyclic) bond motifs is 1. The third-order valence-electron chi connectivity index (χ3n) is 4.60. The number of sulfonamides is 1. The molecule has 1 aliphatic rings. The van der Waals surface area contributed by atoms with E-state index >= 15 is 0 Å². The van der Waals surface area contributed by atoms with E-state index in [9.17, 15) is 8.42 Å². The van der Waals surface area contributed by atoms with Gasteiger partial charge < -0.3 is 0 Å². The first-order chi connectivity index (χ1) is 13.0. The standard InChI is InChI=1S/C18H20N6O2S/c1-13(2)16-18-21-17(14-5-3-7-19-11-14)22-23(18)9-10-24(16)27(25,26)15-6-4-8-20-12-15/h3-8,11-13,16H,9-10H2,1-2H3/t16-/m1/s1. The summed E-state index contributed by atoms with van der Waals surface area (Å²) in [6, 6.07) is 6.52. The second-order valence-corrected chi connectivity index (χ2v) is 8.64. The Hall–Kier alpha value is -2.65. The van der Waals surface area contributed by atoms with Gasteiger partial charge in [0.05, 0.1) is 12.6 Å². The average molecular weight is 384 g/mol. The molecule has 9 heteroatoms. The zero-order valence-corrected chi connectivity index (χ0v) is 15.9. The predicted molar refractivity (Wildman–Crippen MR) is 99.0 cm³/mol. The molecule has 3 aromatic rings. The normalized spacial score (nSPS) is 17.8. The summed E-state index contributed by atoms with van der Waals surface area (Å²) >= 11 is 0. The Labute approximate surface area is 158 Å². The van der Waals surface area contributed by atoms with Gasteiger partial charge in [-0.25, -0.2) is 18.1 Å². The van der Waals surface area contributed by atoms with Gasteiger partial charge >= 0.3 is 0 Å². The van der Waals surface area contributed by atoms with Crippen LogP contribution in [0.15, 0.2) is 53.9 Å². The van der Waals surface area contributed by atoms with Crippen molar-refractivity contribution in [1.29, 1.82) is 0 Å². The van der Waals surface area contributed by atoms with E-state index in [1.165, 1.54) is 10.5 Å². The van der Waals surface area contributed by atoms with E-state index in [1.54, 1.807) is 30.7 Å². The van der Waals surface area contributed by atoms with Gasteiger partial charge in [0, 0.05) is 36.9 Å². The number of hydrogen-bond donors (Lipinski definition) is 0. The first-order valence-electron chi connectivity index (χ1n) is 8.75. The third-order valence-corrected chi connectivity index (χ3v) is 6.46. The molecule has 140 valence electrons. The lowest BCUT2D eigenvalue weighted by molar-refractivity contribution is 0.202. The van der Waals surface area contributed by atoms with Crippen LogP contribution < -0.4 is 0 Å². The number of rotatable bonds is 4. The van der Waals surface area contributed by atoms with Crippen LogP contribution in [0.5, 0.6) is 0 Å². The zero-order chi connectivity index (χ0) is 19.0. The highest BCUT2D eigenvalue weighted by Gasteiger charge is 2.40. The maximum Gasteiger partial charge on any atom is 0.245 e. The first-order valence-corrected chi connectivity index (χ1v) is 10.2. The fraction of sp³-hybridized carbons (Fsp3) is 0.333. The van der Waals surface area contributed by atoms with E-state index in [2.05, 4.69) is 20.1 Å². The molecule has 0 saturated heterocycles. The van der Waals surface area contributed by atoms with Crippen molar-refractivity contribution in [3.8, 4) is 11.4 Å².